The summed E-state index contributed by atoms with van der Waals surface area (Å²) in [5.41, 5.74) is 2.36. The second-order valence-corrected chi connectivity index (χ2v) is 6.47. The summed E-state index contributed by atoms with van der Waals surface area (Å²) in [7, 11) is 0. The van der Waals surface area contributed by atoms with E-state index in [9.17, 15) is 4.79 Å². The molecule has 0 aliphatic carbocycles. The number of carbonyl (C=O) groups is 1. The number of hydrogen-bond acceptors (Lipinski definition) is 2. The maximum absolute atomic E-state index is 12.7. The van der Waals surface area contributed by atoms with Crippen LogP contribution < -0.4 is 0 Å². The van der Waals surface area contributed by atoms with Crippen LogP contribution in [0.3, 0.4) is 0 Å². The number of aromatic amines is 1. The average molecular weight is 322 g/mol. The van der Waals surface area contributed by atoms with Gasteiger partial charge in [0.15, 0.2) is 0 Å². The number of rotatable bonds is 5. The molecular formula is C19H22N4O. The van der Waals surface area contributed by atoms with Crippen molar-refractivity contribution < 1.29 is 4.79 Å². The van der Waals surface area contributed by atoms with E-state index in [-0.39, 0.29) is 11.9 Å². The smallest absolute Gasteiger partial charge is 0.223 e. The molecule has 0 unspecified atom stereocenters. The van der Waals surface area contributed by atoms with Crippen LogP contribution in [0.4, 0.5) is 0 Å². The minimum atomic E-state index is 0.259. The summed E-state index contributed by atoms with van der Waals surface area (Å²) in [5, 5.41) is 5.49. The minimum absolute atomic E-state index is 0.259. The molecule has 1 aliphatic heterocycles. The van der Waals surface area contributed by atoms with Gasteiger partial charge in [0.1, 0.15) is 0 Å². The predicted molar refractivity (Wildman–Crippen MR) is 93.6 cm³/mol. The molecule has 0 spiro atoms. The third kappa shape index (κ3) is 2.94. The largest absolute Gasteiger partial charge is 0.361 e. The van der Waals surface area contributed by atoms with Gasteiger partial charge in [-0.2, -0.15) is 5.10 Å². The van der Waals surface area contributed by atoms with E-state index in [1.54, 1.807) is 6.20 Å². The van der Waals surface area contributed by atoms with Crippen LogP contribution in [-0.4, -0.2) is 38.2 Å². The third-order valence-corrected chi connectivity index (χ3v) is 4.94. The number of aromatic nitrogens is 3. The van der Waals surface area contributed by atoms with Crippen LogP contribution in [0.25, 0.3) is 10.9 Å². The monoisotopic (exact) mass is 322 g/mol. The number of fused-ring (bicyclic) bond motifs is 1. The Labute approximate surface area is 141 Å². The van der Waals surface area contributed by atoms with E-state index in [0.717, 1.165) is 37.9 Å². The van der Waals surface area contributed by atoms with E-state index in [2.05, 4.69) is 27.1 Å². The Kier molecular flexibility index (Phi) is 4.07. The van der Waals surface area contributed by atoms with Gasteiger partial charge in [-0.25, -0.2) is 0 Å². The lowest BCUT2D eigenvalue weighted by Crippen LogP contribution is -2.38. The molecule has 24 heavy (non-hydrogen) atoms. The average Bonchev–Trinajstić information content (AvgIpc) is 3.34. The SMILES string of the molecule is O=C(CCc1c[nH]c2ccccc12)N1CCC[C@H]1Cn1cccn1. The van der Waals surface area contributed by atoms with Gasteiger partial charge in [0.25, 0.3) is 0 Å². The van der Waals surface area contributed by atoms with Crippen LogP contribution >= 0.6 is 0 Å². The molecule has 3 aromatic rings. The number of carbonyl (C=O) groups excluding carboxylic acids is 1. The summed E-state index contributed by atoms with van der Waals surface area (Å²) in [6, 6.07) is 10.5. The molecule has 0 saturated carbocycles. The zero-order chi connectivity index (χ0) is 16.4. The van der Waals surface area contributed by atoms with E-state index < -0.39 is 0 Å². The molecule has 4 rings (SSSR count). The number of nitrogens with one attached hydrogen (secondary N) is 1. The highest BCUT2D eigenvalue weighted by atomic mass is 16.2. The lowest BCUT2D eigenvalue weighted by molar-refractivity contribution is -0.132. The molecule has 1 N–H and O–H groups in total. The summed E-state index contributed by atoms with van der Waals surface area (Å²) >= 11 is 0. The quantitative estimate of drug-likeness (QED) is 0.785. The Hall–Kier alpha value is -2.56. The Morgan fingerprint density at radius 2 is 2.21 bits per heavy atom. The number of H-pyrrole nitrogens is 1. The molecule has 1 saturated heterocycles. The van der Waals surface area contributed by atoms with Crippen LogP contribution in [-0.2, 0) is 17.8 Å². The molecule has 1 aliphatic rings. The first-order valence-corrected chi connectivity index (χ1v) is 8.63. The highest BCUT2D eigenvalue weighted by Crippen LogP contribution is 2.22. The molecule has 124 valence electrons. The van der Waals surface area contributed by atoms with Gasteiger partial charge in [0.2, 0.25) is 5.91 Å². The summed E-state index contributed by atoms with van der Waals surface area (Å²) in [6.45, 7) is 1.67. The molecule has 1 aromatic carbocycles. The number of benzene rings is 1. The number of amides is 1. The number of likely N-dealkylation sites (tertiary alicyclic amines) is 1. The molecule has 3 heterocycles. The van der Waals surface area contributed by atoms with E-state index >= 15 is 0 Å². The first-order valence-electron chi connectivity index (χ1n) is 8.63. The predicted octanol–water partition coefficient (Wildman–Crippen LogP) is 2.99. The molecule has 0 radical (unpaired) electrons. The Balaban J connectivity index is 1.40. The highest BCUT2D eigenvalue weighted by Gasteiger charge is 2.28. The van der Waals surface area contributed by atoms with E-state index in [1.807, 2.05) is 35.3 Å². The fourth-order valence-electron chi connectivity index (χ4n) is 3.70. The number of hydrogen-bond donors (Lipinski definition) is 1. The number of nitrogens with zero attached hydrogens (tertiary/aromatic N) is 3. The van der Waals surface area contributed by atoms with E-state index in [0.29, 0.717) is 6.42 Å². The standard InChI is InChI=1S/C19H22N4O/c24-19(9-8-15-13-20-18-7-2-1-6-17(15)18)23-12-3-5-16(23)14-22-11-4-10-21-22/h1-2,4,6-7,10-11,13,16,20H,3,5,8-9,12,14H2/t16-/m0/s1. The van der Waals surface area contributed by atoms with E-state index in [4.69, 9.17) is 0 Å². The van der Waals surface area contributed by atoms with Crippen molar-refractivity contribution in [2.45, 2.75) is 38.3 Å². The molecule has 2 aromatic heterocycles. The number of para-hydroxylation sites is 1. The molecule has 5 heteroatoms. The fraction of sp³-hybridized carbons (Fsp3) is 0.368. The summed E-state index contributed by atoms with van der Waals surface area (Å²) in [4.78, 5) is 18.0. The Morgan fingerprint density at radius 1 is 1.29 bits per heavy atom. The Bertz CT molecular complexity index is 821. The normalized spacial score (nSPS) is 17.7. The zero-order valence-electron chi connectivity index (χ0n) is 13.7. The third-order valence-electron chi connectivity index (χ3n) is 4.94. The first-order chi connectivity index (χ1) is 11.8. The molecule has 0 bridgehead atoms. The molecule has 1 fully saturated rings. The topological polar surface area (TPSA) is 53.9 Å². The van der Waals surface area contributed by atoms with Crippen molar-refractivity contribution in [1.82, 2.24) is 19.7 Å². The highest BCUT2D eigenvalue weighted by molar-refractivity contribution is 5.84. The van der Waals surface area contributed by atoms with Crippen molar-refractivity contribution >= 4 is 16.8 Å². The lowest BCUT2D eigenvalue weighted by Gasteiger charge is -2.24. The van der Waals surface area contributed by atoms with Crippen molar-refractivity contribution in [1.29, 1.82) is 0 Å². The van der Waals surface area contributed by atoms with Gasteiger partial charge in [-0.15, -0.1) is 0 Å². The van der Waals surface area contributed by atoms with Crippen molar-refractivity contribution in [3.05, 3.63) is 54.5 Å². The van der Waals surface area contributed by atoms with Gasteiger partial charge < -0.3 is 9.88 Å². The maximum Gasteiger partial charge on any atom is 0.223 e. The molecule has 1 atom stereocenters. The van der Waals surface area contributed by atoms with Gasteiger partial charge in [-0.05, 0) is 37.0 Å². The van der Waals surface area contributed by atoms with Crippen molar-refractivity contribution in [3.8, 4) is 0 Å². The molecule has 1 amide bonds. The maximum atomic E-state index is 12.7. The summed E-state index contributed by atoms with van der Waals surface area (Å²) in [6.07, 6.45) is 9.29. The van der Waals surface area contributed by atoms with Gasteiger partial charge in [-0.1, -0.05) is 18.2 Å². The van der Waals surface area contributed by atoms with Crippen LogP contribution in [0.2, 0.25) is 0 Å². The molecular weight excluding hydrogens is 300 g/mol. The fourth-order valence-corrected chi connectivity index (χ4v) is 3.70. The van der Waals surface area contributed by atoms with E-state index in [1.165, 1.54) is 10.9 Å². The second-order valence-electron chi connectivity index (χ2n) is 6.47. The van der Waals surface area contributed by atoms with Crippen LogP contribution in [0.1, 0.15) is 24.8 Å². The van der Waals surface area contributed by atoms with Crippen molar-refractivity contribution in [2.75, 3.05) is 6.54 Å². The number of aryl methyl sites for hydroxylation is 1. The minimum Gasteiger partial charge on any atom is -0.361 e. The van der Waals surface area contributed by atoms with Crippen LogP contribution in [0.5, 0.6) is 0 Å². The van der Waals surface area contributed by atoms with Gasteiger partial charge in [0, 0.05) is 42.5 Å². The second kappa shape index (κ2) is 6.51. The molecule has 5 nitrogen and oxygen atoms in total. The summed E-state index contributed by atoms with van der Waals surface area (Å²) < 4.78 is 1.93. The van der Waals surface area contributed by atoms with Gasteiger partial charge in [-0.3, -0.25) is 9.48 Å². The zero-order valence-corrected chi connectivity index (χ0v) is 13.7. The van der Waals surface area contributed by atoms with Crippen LogP contribution in [0, 0.1) is 0 Å². The van der Waals surface area contributed by atoms with Gasteiger partial charge >= 0.3 is 0 Å². The lowest BCUT2D eigenvalue weighted by atomic mass is 10.1. The summed E-state index contributed by atoms with van der Waals surface area (Å²) in [5.74, 6) is 0.259. The first kappa shape index (κ1) is 15.0. The van der Waals surface area contributed by atoms with Gasteiger partial charge in [0.05, 0.1) is 12.6 Å². The van der Waals surface area contributed by atoms with Crippen molar-refractivity contribution in [3.63, 3.8) is 0 Å². The Morgan fingerprint density at radius 3 is 3.08 bits per heavy atom. The van der Waals surface area contributed by atoms with Crippen LogP contribution in [0.15, 0.2) is 48.9 Å². The van der Waals surface area contributed by atoms with Crippen molar-refractivity contribution in [2.24, 2.45) is 0 Å².